The van der Waals surface area contributed by atoms with Crippen molar-refractivity contribution in [2.45, 2.75) is 37.8 Å². The van der Waals surface area contributed by atoms with E-state index in [2.05, 4.69) is 21.7 Å². The maximum absolute atomic E-state index is 13.2. The number of nitrogens with one attached hydrogen (secondary N) is 3. The van der Waals surface area contributed by atoms with E-state index in [4.69, 9.17) is 14.5 Å². The number of para-hydroxylation sites is 2. The Morgan fingerprint density at radius 2 is 1.89 bits per heavy atom. The fourth-order valence-corrected chi connectivity index (χ4v) is 4.81. The zero-order chi connectivity index (χ0) is 24.2. The first-order valence-corrected chi connectivity index (χ1v) is 11.9. The number of methoxy groups -OCH3 is 2. The van der Waals surface area contributed by atoms with E-state index in [1.807, 2.05) is 60.7 Å². The molecule has 1 aliphatic carbocycles. The maximum atomic E-state index is 13.2. The van der Waals surface area contributed by atoms with Crippen LogP contribution in [-0.4, -0.2) is 36.3 Å². The van der Waals surface area contributed by atoms with Gasteiger partial charge >= 0.3 is 6.03 Å². The van der Waals surface area contributed by atoms with Gasteiger partial charge in [0.1, 0.15) is 17.3 Å². The molecule has 0 saturated heterocycles. The van der Waals surface area contributed by atoms with Gasteiger partial charge in [-0.15, -0.1) is 0 Å². The van der Waals surface area contributed by atoms with E-state index in [0.29, 0.717) is 6.42 Å². The molecule has 0 spiro atoms. The molecular weight excluding hydrogens is 440 g/mol. The zero-order valence-corrected chi connectivity index (χ0v) is 20.0. The number of rotatable bonds is 7. The van der Waals surface area contributed by atoms with E-state index in [1.54, 1.807) is 14.2 Å². The number of H-pyrrole nitrogens is 1. The van der Waals surface area contributed by atoms with Gasteiger partial charge in [0.15, 0.2) is 0 Å². The van der Waals surface area contributed by atoms with Gasteiger partial charge in [-0.2, -0.15) is 0 Å². The van der Waals surface area contributed by atoms with E-state index >= 15 is 0 Å². The number of carbonyl (C=O) groups is 1. The summed E-state index contributed by atoms with van der Waals surface area (Å²) in [7, 11) is 3.34. The van der Waals surface area contributed by atoms with Gasteiger partial charge in [-0.3, -0.25) is 0 Å². The molecule has 0 bridgehead atoms. The van der Waals surface area contributed by atoms with Crippen molar-refractivity contribution >= 4 is 17.1 Å². The van der Waals surface area contributed by atoms with Gasteiger partial charge < -0.3 is 25.1 Å². The molecule has 1 unspecified atom stereocenters. The molecule has 180 valence electrons. The van der Waals surface area contributed by atoms with E-state index in [-0.39, 0.29) is 18.1 Å². The quantitative estimate of drug-likeness (QED) is 0.365. The molecular formula is C28H30N4O3. The van der Waals surface area contributed by atoms with Gasteiger partial charge in [-0.25, -0.2) is 9.78 Å². The van der Waals surface area contributed by atoms with Gasteiger partial charge in [-0.05, 0) is 72.7 Å². The third kappa shape index (κ3) is 5.09. The minimum Gasteiger partial charge on any atom is -0.497 e. The predicted octanol–water partition coefficient (Wildman–Crippen LogP) is 4.72. The van der Waals surface area contributed by atoms with Crippen LogP contribution in [0.1, 0.15) is 35.0 Å². The molecule has 35 heavy (non-hydrogen) atoms. The Balaban J connectivity index is 1.33. The fourth-order valence-electron chi connectivity index (χ4n) is 4.81. The number of urea groups is 1. The topological polar surface area (TPSA) is 88.3 Å². The van der Waals surface area contributed by atoms with Crippen LogP contribution < -0.4 is 20.1 Å². The normalized spacial score (nSPS) is 15.8. The average Bonchev–Trinajstić information content (AvgIpc) is 3.33. The number of hydrogen-bond acceptors (Lipinski definition) is 4. The van der Waals surface area contributed by atoms with Crippen molar-refractivity contribution < 1.29 is 14.3 Å². The summed E-state index contributed by atoms with van der Waals surface area (Å²) in [5.74, 6) is 2.41. The summed E-state index contributed by atoms with van der Waals surface area (Å²) in [5.41, 5.74) is 5.37. The van der Waals surface area contributed by atoms with Crippen molar-refractivity contribution in [3.63, 3.8) is 0 Å². The van der Waals surface area contributed by atoms with Crippen LogP contribution >= 0.6 is 0 Å². The lowest BCUT2D eigenvalue weighted by Gasteiger charge is -2.27. The van der Waals surface area contributed by atoms with Crippen LogP contribution in [0.15, 0.2) is 66.7 Å². The number of aromatic nitrogens is 2. The predicted molar refractivity (Wildman–Crippen MR) is 136 cm³/mol. The zero-order valence-electron chi connectivity index (χ0n) is 20.0. The molecule has 0 aliphatic heterocycles. The van der Waals surface area contributed by atoms with Gasteiger partial charge in [0.2, 0.25) is 0 Å². The van der Waals surface area contributed by atoms with Crippen LogP contribution in [0.2, 0.25) is 0 Å². The summed E-state index contributed by atoms with van der Waals surface area (Å²) in [6.45, 7) is 0. The van der Waals surface area contributed by atoms with Gasteiger partial charge in [0.25, 0.3) is 0 Å². The van der Waals surface area contributed by atoms with Crippen molar-refractivity contribution in [3.05, 3.63) is 89.2 Å². The van der Waals surface area contributed by atoms with Crippen molar-refractivity contribution in [2.24, 2.45) is 0 Å². The minimum atomic E-state index is -0.318. The standard InChI is InChI=1S/C28H30N4O3/c1-34-21-14-10-18(11-15-21)16-25(27-30-23-7-3-4-8-24(23)31-27)32-28(33)29-20-13-12-19-6-5-9-26(35-2)22(19)17-20/h3-11,14-15,20,25H,12-13,16-17H2,1-2H3,(H,30,31)(H2,29,32,33)/t20?,25-/m1/s1. The number of benzene rings is 3. The highest BCUT2D eigenvalue weighted by Gasteiger charge is 2.25. The number of hydrogen-bond donors (Lipinski definition) is 3. The molecule has 1 aliphatic rings. The van der Waals surface area contributed by atoms with Crippen molar-refractivity contribution in [2.75, 3.05) is 14.2 Å². The summed E-state index contributed by atoms with van der Waals surface area (Å²) in [5, 5.41) is 6.35. The van der Waals surface area contributed by atoms with E-state index in [0.717, 1.165) is 53.2 Å². The molecule has 1 heterocycles. The number of amides is 2. The largest absolute Gasteiger partial charge is 0.497 e. The number of ether oxygens (including phenoxy) is 2. The van der Waals surface area contributed by atoms with Crippen molar-refractivity contribution in [1.29, 1.82) is 0 Å². The Hall–Kier alpha value is -4.00. The molecule has 2 amide bonds. The van der Waals surface area contributed by atoms with Gasteiger partial charge in [-0.1, -0.05) is 36.4 Å². The molecule has 0 radical (unpaired) electrons. The maximum Gasteiger partial charge on any atom is 0.315 e. The smallest absolute Gasteiger partial charge is 0.315 e. The molecule has 5 rings (SSSR count). The van der Waals surface area contributed by atoms with Crippen LogP contribution in [0.3, 0.4) is 0 Å². The Kier molecular flexibility index (Phi) is 6.57. The molecule has 0 fully saturated rings. The summed E-state index contributed by atoms with van der Waals surface area (Å²) >= 11 is 0. The van der Waals surface area contributed by atoms with Gasteiger partial charge in [0.05, 0.1) is 31.3 Å². The Labute approximate surface area is 204 Å². The molecule has 4 aromatic rings. The lowest BCUT2D eigenvalue weighted by Crippen LogP contribution is -2.46. The van der Waals surface area contributed by atoms with Crippen molar-refractivity contribution in [3.8, 4) is 11.5 Å². The summed E-state index contributed by atoms with van der Waals surface area (Å²) in [4.78, 5) is 21.3. The first-order valence-electron chi connectivity index (χ1n) is 11.9. The molecule has 1 aromatic heterocycles. The highest BCUT2D eigenvalue weighted by Crippen LogP contribution is 2.29. The van der Waals surface area contributed by atoms with Crippen LogP contribution in [0.4, 0.5) is 4.79 Å². The first kappa shape index (κ1) is 22.8. The lowest BCUT2D eigenvalue weighted by molar-refractivity contribution is 0.231. The summed E-state index contributed by atoms with van der Waals surface area (Å²) < 4.78 is 10.8. The van der Waals surface area contributed by atoms with Gasteiger partial charge in [0, 0.05) is 6.04 Å². The number of fused-ring (bicyclic) bond motifs is 2. The van der Waals surface area contributed by atoms with Crippen LogP contribution in [-0.2, 0) is 19.3 Å². The number of nitrogens with zero attached hydrogens (tertiary/aromatic N) is 1. The number of carbonyl (C=O) groups excluding carboxylic acids is 1. The van der Waals surface area contributed by atoms with Crippen LogP contribution in [0, 0.1) is 0 Å². The molecule has 0 saturated carbocycles. The third-order valence-corrected chi connectivity index (χ3v) is 6.64. The molecule has 3 aromatic carbocycles. The Morgan fingerprint density at radius 1 is 1.06 bits per heavy atom. The summed E-state index contributed by atoms with van der Waals surface area (Å²) in [6.07, 6.45) is 3.15. The Morgan fingerprint density at radius 3 is 2.66 bits per heavy atom. The first-order chi connectivity index (χ1) is 17.1. The SMILES string of the molecule is COc1ccc(C[C@@H](NC(=O)NC2CCc3cccc(OC)c3C2)c2nc3ccccc3[nH]2)cc1. The number of aryl methyl sites for hydroxylation is 1. The van der Waals surface area contributed by atoms with Crippen LogP contribution in [0.5, 0.6) is 11.5 Å². The number of aromatic amines is 1. The van der Waals surface area contributed by atoms with E-state index in [9.17, 15) is 4.79 Å². The highest BCUT2D eigenvalue weighted by atomic mass is 16.5. The second-order valence-corrected chi connectivity index (χ2v) is 8.90. The van der Waals surface area contributed by atoms with Crippen LogP contribution in [0.25, 0.3) is 11.0 Å². The molecule has 3 N–H and O–H groups in total. The summed E-state index contributed by atoms with van der Waals surface area (Å²) in [6, 6.07) is 21.4. The number of imidazole rings is 1. The average molecular weight is 471 g/mol. The lowest BCUT2D eigenvalue weighted by atomic mass is 9.87. The molecule has 7 heteroatoms. The van der Waals surface area contributed by atoms with Crippen molar-refractivity contribution in [1.82, 2.24) is 20.6 Å². The molecule has 7 nitrogen and oxygen atoms in total. The van der Waals surface area contributed by atoms with E-state index in [1.165, 1.54) is 11.1 Å². The monoisotopic (exact) mass is 470 g/mol. The molecule has 2 atom stereocenters. The Bertz CT molecular complexity index is 1270. The van der Waals surface area contributed by atoms with E-state index < -0.39 is 0 Å². The third-order valence-electron chi connectivity index (χ3n) is 6.64. The highest BCUT2D eigenvalue weighted by molar-refractivity contribution is 5.77. The minimum absolute atomic E-state index is 0.0381. The second-order valence-electron chi connectivity index (χ2n) is 8.90. The fraction of sp³-hybridized carbons (Fsp3) is 0.286. The second kappa shape index (κ2) is 10.1.